The fourth-order valence-electron chi connectivity index (χ4n) is 3.89. The minimum Gasteiger partial charge on any atom is -0.454 e. The third-order valence-corrected chi connectivity index (χ3v) is 5.49. The molecular formula is C22H21N3O4. The van der Waals surface area contributed by atoms with E-state index in [9.17, 15) is 4.79 Å². The number of carbonyl (C=O) groups excluding carboxylic acids is 1. The summed E-state index contributed by atoms with van der Waals surface area (Å²) in [6, 6.07) is 13.2. The molecule has 3 aromatic rings. The molecule has 7 heteroatoms. The highest BCUT2D eigenvalue weighted by Gasteiger charge is 2.29. The molecule has 0 aliphatic carbocycles. The number of likely N-dealkylation sites (tertiary alicyclic amines) is 1. The second-order valence-electron chi connectivity index (χ2n) is 7.42. The van der Waals surface area contributed by atoms with Gasteiger partial charge in [-0.15, -0.1) is 10.2 Å². The molecule has 2 aromatic carbocycles. The van der Waals surface area contributed by atoms with E-state index in [0.29, 0.717) is 29.8 Å². The number of aryl methyl sites for hydroxylation is 1. The van der Waals surface area contributed by atoms with E-state index in [-0.39, 0.29) is 18.6 Å². The number of hydrogen-bond donors (Lipinski definition) is 0. The van der Waals surface area contributed by atoms with Crippen LogP contribution in [0.25, 0.3) is 11.5 Å². The van der Waals surface area contributed by atoms with Crippen LogP contribution in [0.4, 0.5) is 0 Å². The number of ether oxygens (including phenoxy) is 2. The lowest BCUT2D eigenvalue weighted by atomic mass is 9.97. The summed E-state index contributed by atoms with van der Waals surface area (Å²) >= 11 is 0. The second kappa shape index (κ2) is 7.24. The third kappa shape index (κ3) is 3.33. The zero-order valence-electron chi connectivity index (χ0n) is 16.1. The number of benzene rings is 2. The molecule has 2 aliphatic heterocycles. The van der Waals surface area contributed by atoms with Crippen molar-refractivity contribution >= 4 is 5.91 Å². The highest BCUT2D eigenvalue weighted by molar-refractivity contribution is 5.95. The van der Waals surface area contributed by atoms with Crippen molar-refractivity contribution in [2.24, 2.45) is 0 Å². The topological polar surface area (TPSA) is 77.7 Å². The zero-order valence-corrected chi connectivity index (χ0v) is 16.1. The van der Waals surface area contributed by atoms with E-state index in [1.54, 1.807) is 0 Å². The van der Waals surface area contributed by atoms with Crippen LogP contribution in [0, 0.1) is 6.92 Å². The third-order valence-electron chi connectivity index (χ3n) is 5.49. The molecule has 1 saturated heterocycles. The lowest BCUT2D eigenvalue weighted by molar-refractivity contribution is 0.0697. The van der Waals surface area contributed by atoms with E-state index in [1.807, 2.05) is 54.3 Å². The summed E-state index contributed by atoms with van der Waals surface area (Å²) < 4.78 is 16.7. The summed E-state index contributed by atoms with van der Waals surface area (Å²) in [5.74, 6) is 2.50. The molecular weight excluding hydrogens is 370 g/mol. The van der Waals surface area contributed by atoms with Gasteiger partial charge in [0.05, 0.1) is 5.92 Å². The molecule has 1 atom stereocenters. The smallest absolute Gasteiger partial charge is 0.254 e. The number of hydrogen-bond acceptors (Lipinski definition) is 6. The molecule has 0 saturated carbocycles. The lowest BCUT2D eigenvalue weighted by Crippen LogP contribution is -2.39. The molecule has 7 nitrogen and oxygen atoms in total. The van der Waals surface area contributed by atoms with Crippen molar-refractivity contribution in [3.63, 3.8) is 0 Å². The molecule has 0 radical (unpaired) electrons. The van der Waals surface area contributed by atoms with Gasteiger partial charge in [0.2, 0.25) is 18.6 Å². The van der Waals surface area contributed by atoms with E-state index < -0.39 is 0 Å². The zero-order chi connectivity index (χ0) is 19.8. The number of aromatic nitrogens is 2. The van der Waals surface area contributed by atoms with Gasteiger partial charge in [-0.25, -0.2) is 0 Å². The molecule has 148 valence electrons. The first-order valence-corrected chi connectivity index (χ1v) is 9.77. The number of amides is 1. The number of nitrogens with zero attached hydrogens (tertiary/aromatic N) is 3. The van der Waals surface area contributed by atoms with Crippen LogP contribution in [0.1, 0.15) is 40.6 Å². The van der Waals surface area contributed by atoms with Gasteiger partial charge in [0.25, 0.3) is 5.91 Å². The molecule has 1 amide bonds. The quantitative estimate of drug-likeness (QED) is 0.676. The fraction of sp³-hybridized carbons (Fsp3) is 0.318. The van der Waals surface area contributed by atoms with Crippen LogP contribution < -0.4 is 9.47 Å². The van der Waals surface area contributed by atoms with Gasteiger partial charge in [-0.05, 0) is 49.6 Å². The van der Waals surface area contributed by atoms with Crippen LogP contribution in [0.5, 0.6) is 11.5 Å². The predicted molar refractivity (Wildman–Crippen MR) is 105 cm³/mol. The van der Waals surface area contributed by atoms with Gasteiger partial charge in [0.15, 0.2) is 11.5 Å². The molecule has 3 heterocycles. The van der Waals surface area contributed by atoms with E-state index in [0.717, 1.165) is 36.1 Å². The van der Waals surface area contributed by atoms with Crippen molar-refractivity contribution in [3.8, 4) is 23.0 Å². The van der Waals surface area contributed by atoms with Crippen LogP contribution in [0.3, 0.4) is 0 Å². The maximum absolute atomic E-state index is 13.0. The molecule has 2 aliphatic rings. The van der Waals surface area contributed by atoms with Gasteiger partial charge in [-0.3, -0.25) is 4.79 Å². The number of carbonyl (C=O) groups is 1. The largest absolute Gasteiger partial charge is 0.454 e. The second-order valence-corrected chi connectivity index (χ2v) is 7.42. The van der Waals surface area contributed by atoms with E-state index in [4.69, 9.17) is 13.9 Å². The molecule has 1 aromatic heterocycles. The van der Waals surface area contributed by atoms with Crippen molar-refractivity contribution in [2.75, 3.05) is 19.9 Å². The Morgan fingerprint density at radius 1 is 1.10 bits per heavy atom. The Morgan fingerprint density at radius 2 is 1.97 bits per heavy atom. The molecule has 1 fully saturated rings. The van der Waals surface area contributed by atoms with E-state index >= 15 is 0 Å². The highest BCUT2D eigenvalue weighted by Crippen LogP contribution is 2.36. The number of rotatable bonds is 3. The SMILES string of the molecule is Cc1ccccc1C(=O)N1CCCC(c2nnc(-c3ccc4c(c3)OCO4)o2)C1. The Balaban J connectivity index is 1.34. The van der Waals surface area contributed by atoms with Gasteiger partial charge in [0.1, 0.15) is 0 Å². The first-order chi connectivity index (χ1) is 14.2. The average molecular weight is 391 g/mol. The van der Waals surface area contributed by atoms with Crippen molar-refractivity contribution in [2.45, 2.75) is 25.7 Å². The lowest BCUT2D eigenvalue weighted by Gasteiger charge is -2.31. The van der Waals surface area contributed by atoms with Crippen molar-refractivity contribution < 1.29 is 18.7 Å². The molecule has 5 rings (SSSR count). The summed E-state index contributed by atoms with van der Waals surface area (Å²) in [7, 11) is 0. The summed E-state index contributed by atoms with van der Waals surface area (Å²) in [5, 5.41) is 8.48. The fourth-order valence-corrected chi connectivity index (χ4v) is 3.89. The maximum atomic E-state index is 13.0. The Kier molecular flexibility index (Phi) is 4.42. The van der Waals surface area contributed by atoms with Gasteiger partial charge >= 0.3 is 0 Å². The summed E-state index contributed by atoms with van der Waals surface area (Å²) in [6.07, 6.45) is 1.82. The van der Waals surface area contributed by atoms with Crippen molar-refractivity contribution in [1.29, 1.82) is 0 Å². The molecule has 0 bridgehead atoms. The summed E-state index contributed by atoms with van der Waals surface area (Å²) in [4.78, 5) is 14.9. The standard InChI is InChI=1S/C22H21N3O4/c1-14-5-2-3-7-17(14)22(26)25-10-4-6-16(12-25)21-24-23-20(29-21)15-8-9-18-19(11-15)28-13-27-18/h2-3,5,7-9,11,16H,4,6,10,12-13H2,1H3. The van der Waals surface area contributed by atoms with Gasteiger partial charge < -0.3 is 18.8 Å². The van der Waals surface area contributed by atoms with Gasteiger partial charge in [-0.1, -0.05) is 18.2 Å². The van der Waals surface area contributed by atoms with Crippen LogP contribution in [-0.4, -0.2) is 40.9 Å². The first kappa shape index (κ1) is 17.7. The Bertz CT molecular complexity index is 1060. The number of fused-ring (bicyclic) bond motifs is 1. The van der Waals surface area contributed by atoms with Crippen molar-refractivity contribution in [3.05, 3.63) is 59.5 Å². The molecule has 0 N–H and O–H groups in total. The Morgan fingerprint density at radius 3 is 2.86 bits per heavy atom. The summed E-state index contributed by atoms with van der Waals surface area (Å²) in [5.41, 5.74) is 2.53. The van der Waals surface area contributed by atoms with Crippen LogP contribution in [0.15, 0.2) is 46.9 Å². The predicted octanol–water partition coefficient (Wildman–Crippen LogP) is 3.79. The highest BCUT2D eigenvalue weighted by atomic mass is 16.7. The average Bonchev–Trinajstić information content (AvgIpc) is 3.43. The molecule has 1 unspecified atom stereocenters. The number of piperidine rings is 1. The van der Waals surface area contributed by atoms with Crippen LogP contribution >= 0.6 is 0 Å². The normalized spacial score (nSPS) is 18.1. The summed E-state index contributed by atoms with van der Waals surface area (Å²) in [6.45, 7) is 3.51. The maximum Gasteiger partial charge on any atom is 0.254 e. The van der Waals surface area contributed by atoms with Crippen LogP contribution in [0.2, 0.25) is 0 Å². The van der Waals surface area contributed by atoms with Gasteiger partial charge in [-0.2, -0.15) is 0 Å². The van der Waals surface area contributed by atoms with E-state index in [2.05, 4.69) is 10.2 Å². The van der Waals surface area contributed by atoms with Crippen LogP contribution in [-0.2, 0) is 0 Å². The Labute approximate surface area is 168 Å². The minimum atomic E-state index is 0.0342. The monoisotopic (exact) mass is 391 g/mol. The van der Waals surface area contributed by atoms with Gasteiger partial charge in [0, 0.05) is 24.2 Å². The molecule has 0 spiro atoms. The first-order valence-electron chi connectivity index (χ1n) is 9.77. The minimum absolute atomic E-state index is 0.0342. The molecule has 29 heavy (non-hydrogen) atoms. The Hall–Kier alpha value is -3.35. The van der Waals surface area contributed by atoms with E-state index in [1.165, 1.54) is 0 Å². The van der Waals surface area contributed by atoms with Crippen molar-refractivity contribution in [1.82, 2.24) is 15.1 Å².